The van der Waals surface area contributed by atoms with E-state index in [-0.39, 0.29) is 24.5 Å². The zero-order valence-corrected chi connectivity index (χ0v) is 13.0. The highest BCUT2D eigenvalue weighted by Crippen LogP contribution is 2.26. The highest BCUT2D eigenvalue weighted by Gasteiger charge is 2.43. The molecule has 0 radical (unpaired) electrons. The van der Waals surface area contributed by atoms with Gasteiger partial charge in [-0.25, -0.2) is 9.69 Å². The van der Waals surface area contributed by atoms with E-state index in [0.29, 0.717) is 12.8 Å². The highest BCUT2D eigenvalue weighted by molar-refractivity contribution is 5.95. The van der Waals surface area contributed by atoms with Crippen LogP contribution < -0.4 is 0 Å². The second kappa shape index (κ2) is 7.62. The van der Waals surface area contributed by atoms with Crippen LogP contribution in [0.1, 0.15) is 53.4 Å². The van der Waals surface area contributed by atoms with Crippen molar-refractivity contribution in [2.24, 2.45) is 11.8 Å². The molecule has 0 saturated carbocycles. The molecule has 20 heavy (non-hydrogen) atoms. The summed E-state index contributed by atoms with van der Waals surface area (Å²) < 4.78 is 5.01. The molecule has 5 nitrogen and oxygen atoms in total. The zero-order valence-electron chi connectivity index (χ0n) is 13.0. The maximum Gasteiger partial charge on any atom is 0.416 e. The van der Waals surface area contributed by atoms with Crippen molar-refractivity contribution in [1.29, 1.82) is 0 Å². The minimum atomic E-state index is -0.699. The van der Waals surface area contributed by atoms with Crippen molar-refractivity contribution in [2.45, 2.75) is 65.5 Å². The largest absolute Gasteiger partial charge is 0.447 e. The molecule has 1 aliphatic rings. The normalized spacial score (nSPS) is 22.0. The SMILES string of the molecule is CCCC[C@@H](C(=O)N1C(=O)OCC1C(C)C)[C@H](O)CC. The van der Waals surface area contributed by atoms with Crippen LogP contribution in [0.2, 0.25) is 0 Å². The van der Waals surface area contributed by atoms with Crippen LogP contribution in [0.25, 0.3) is 0 Å². The van der Waals surface area contributed by atoms with Gasteiger partial charge in [0.05, 0.1) is 18.1 Å². The van der Waals surface area contributed by atoms with Crippen molar-refractivity contribution in [3.8, 4) is 0 Å². The Morgan fingerprint density at radius 3 is 2.60 bits per heavy atom. The molecule has 0 aromatic rings. The molecule has 1 saturated heterocycles. The van der Waals surface area contributed by atoms with Crippen LogP contribution in [0.4, 0.5) is 4.79 Å². The van der Waals surface area contributed by atoms with Gasteiger partial charge in [0.2, 0.25) is 5.91 Å². The molecular formula is C15H27NO4. The predicted molar refractivity (Wildman–Crippen MR) is 76.1 cm³/mol. The lowest BCUT2D eigenvalue weighted by atomic mass is 9.91. The lowest BCUT2D eigenvalue weighted by Gasteiger charge is -2.28. The summed E-state index contributed by atoms with van der Waals surface area (Å²) in [5, 5.41) is 10.1. The number of nitrogens with zero attached hydrogens (tertiary/aromatic N) is 1. The Kier molecular flexibility index (Phi) is 6.46. The maximum atomic E-state index is 12.6. The molecule has 1 fully saturated rings. The quantitative estimate of drug-likeness (QED) is 0.780. The van der Waals surface area contributed by atoms with Gasteiger partial charge in [-0.05, 0) is 18.8 Å². The summed E-state index contributed by atoms with van der Waals surface area (Å²) in [5.41, 5.74) is 0. The van der Waals surface area contributed by atoms with E-state index in [1.807, 2.05) is 27.7 Å². The summed E-state index contributed by atoms with van der Waals surface area (Å²) in [7, 11) is 0. The van der Waals surface area contributed by atoms with Crippen LogP contribution in [0.3, 0.4) is 0 Å². The maximum absolute atomic E-state index is 12.6. The monoisotopic (exact) mass is 285 g/mol. The van der Waals surface area contributed by atoms with E-state index >= 15 is 0 Å². The molecular weight excluding hydrogens is 258 g/mol. The van der Waals surface area contributed by atoms with Crippen molar-refractivity contribution < 1.29 is 19.4 Å². The number of cyclic esters (lactones) is 1. The fourth-order valence-electron chi connectivity index (χ4n) is 2.55. The predicted octanol–water partition coefficient (Wildman–Crippen LogP) is 2.57. The van der Waals surface area contributed by atoms with Crippen molar-refractivity contribution in [3.05, 3.63) is 0 Å². The van der Waals surface area contributed by atoms with Crippen LogP contribution in [-0.2, 0) is 9.53 Å². The number of amides is 2. The van der Waals surface area contributed by atoms with E-state index in [1.54, 1.807) is 0 Å². The van der Waals surface area contributed by atoms with E-state index in [0.717, 1.165) is 12.8 Å². The molecule has 0 bridgehead atoms. The molecule has 2 amide bonds. The Morgan fingerprint density at radius 1 is 1.45 bits per heavy atom. The molecule has 1 N–H and O–H groups in total. The number of rotatable bonds is 7. The third-order valence-electron chi connectivity index (χ3n) is 3.98. The number of hydrogen-bond acceptors (Lipinski definition) is 4. The number of unbranched alkanes of at least 4 members (excludes halogenated alkanes) is 1. The zero-order chi connectivity index (χ0) is 15.3. The Balaban J connectivity index is 2.88. The van der Waals surface area contributed by atoms with Gasteiger partial charge in [0.1, 0.15) is 6.61 Å². The molecule has 116 valence electrons. The van der Waals surface area contributed by atoms with Crippen LogP contribution in [-0.4, -0.2) is 40.8 Å². The van der Waals surface area contributed by atoms with Gasteiger partial charge in [0.15, 0.2) is 0 Å². The number of aliphatic hydroxyl groups excluding tert-OH is 1. The lowest BCUT2D eigenvalue weighted by molar-refractivity contribution is -0.138. The summed E-state index contributed by atoms with van der Waals surface area (Å²) in [6.07, 6.45) is 1.67. The molecule has 0 spiro atoms. The third-order valence-corrected chi connectivity index (χ3v) is 3.98. The number of carbonyl (C=O) groups excluding carboxylic acids is 2. The first kappa shape index (κ1) is 17.0. The number of carbonyl (C=O) groups is 2. The van der Waals surface area contributed by atoms with E-state index in [9.17, 15) is 14.7 Å². The first-order valence-electron chi connectivity index (χ1n) is 7.61. The molecule has 0 aromatic carbocycles. The molecule has 5 heteroatoms. The molecule has 1 rings (SSSR count). The second-order valence-corrected chi connectivity index (χ2v) is 5.82. The Bertz CT molecular complexity index is 343. The first-order valence-corrected chi connectivity index (χ1v) is 7.61. The average molecular weight is 285 g/mol. The molecule has 0 aliphatic carbocycles. The third kappa shape index (κ3) is 3.72. The van der Waals surface area contributed by atoms with Crippen LogP contribution >= 0.6 is 0 Å². The van der Waals surface area contributed by atoms with Gasteiger partial charge in [0.25, 0.3) is 0 Å². The summed E-state index contributed by atoms with van der Waals surface area (Å²) >= 11 is 0. The van der Waals surface area contributed by atoms with Crippen molar-refractivity contribution in [2.75, 3.05) is 6.61 Å². The van der Waals surface area contributed by atoms with Gasteiger partial charge in [-0.2, -0.15) is 0 Å². The van der Waals surface area contributed by atoms with Gasteiger partial charge >= 0.3 is 6.09 Å². The Labute approximate surface area is 121 Å². The van der Waals surface area contributed by atoms with Gasteiger partial charge in [-0.15, -0.1) is 0 Å². The van der Waals surface area contributed by atoms with Gasteiger partial charge < -0.3 is 9.84 Å². The fraction of sp³-hybridized carbons (Fsp3) is 0.867. The molecule has 0 aromatic heterocycles. The van der Waals surface area contributed by atoms with Crippen molar-refractivity contribution in [3.63, 3.8) is 0 Å². The standard InChI is InChI=1S/C15H27NO4/c1-5-7-8-11(13(17)6-2)14(18)16-12(10(3)4)9-20-15(16)19/h10-13,17H,5-9H2,1-4H3/t11-,12?,13-/m1/s1. The molecule has 3 atom stereocenters. The van der Waals surface area contributed by atoms with E-state index in [4.69, 9.17) is 4.74 Å². The smallest absolute Gasteiger partial charge is 0.416 e. The summed E-state index contributed by atoms with van der Waals surface area (Å²) in [6.45, 7) is 8.07. The average Bonchev–Trinajstić information content (AvgIpc) is 2.80. The summed E-state index contributed by atoms with van der Waals surface area (Å²) in [6, 6.07) is -0.219. The fourth-order valence-corrected chi connectivity index (χ4v) is 2.55. The number of aliphatic hydroxyl groups is 1. The summed E-state index contributed by atoms with van der Waals surface area (Å²) in [4.78, 5) is 25.7. The summed E-state index contributed by atoms with van der Waals surface area (Å²) in [5.74, 6) is -0.642. The minimum Gasteiger partial charge on any atom is -0.447 e. The second-order valence-electron chi connectivity index (χ2n) is 5.82. The number of hydrogen-bond donors (Lipinski definition) is 1. The van der Waals surface area contributed by atoms with Crippen molar-refractivity contribution >= 4 is 12.0 Å². The molecule has 1 heterocycles. The molecule has 1 unspecified atom stereocenters. The van der Waals surface area contributed by atoms with Crippen molar-refractivity contribution in [1.82, 2.24) is 4.90 Å². The molecule has 1 aliphatic heterocycles. The van der Waals surface area contributed by atoms with E-state index < -0.39 is 18.1 Å². The van der Waals surface area contributed by atoms with Gasteiger partial charge in [-0.1, -0.05) is 40.5 Å². The topological polar surface area (TPSA) is 66.8 Å². The van der Waals surface area contributed by atoms with Crippen LogP contribution in [0.15, 0.2) is 0 Å². The van der Waals surface area contributed by atoms with Crippen LogP contribution in [0, 0.1) is 11.8 Å². The highest BCUT2D eigenvalue weighted by atomic mass is 16.6. The lowest BCUT2D eigenvalue weighted by Crippen LogP contribution is -2.47. The van der Waals surface area contributed by atoms with Gasteiger partial charge in [-0.3, -0.25) is 4.79 Å². The minimum absolute atomic E-state index is 0.149. The van der Waals surface area contributed by atoms with Gasteiger partial charge in [0, 0.05) is 0 Å². The Hall–Kier alpha value is -1.10. The number of imide groups is 1. The number of ether oxygens (including phenoxy) is 1. The van der Waals surface area contributed by atoms with Crippen LogP contribution in [0.5, 0.6) is 0 Å². The first-order chi connectivity index (χ1) is 9.43. The van der Waals surface area contributed by atoms with E-state index in [2.05, 4.69) is 0 Å². The Morgan fingerprint density at radius 2 is 2.10 bits per heavy atom. The van der Waals surface area contributed by atoms with E-state index in [1.165, 1.54) is 4.90 Å².